The Bertz CT molecular complexity index is 363. The largest absolute Gasteiger partial charge is 0.469 e. The van der Waals surface area contributed by atoms with Crippen molar-refractivity contribution in [2.75, 3.05) is 20.2 Å². The second kappa shape index (κ2) is 4.71. The van der Waals surface area contributed by atoms with E-state index in [1.54, 1.807) is 13.8 Å². The van der Waals surface area contributed by atoms with Crippen LogP contribution in [-0.4, -0.2) is 44.1 Å². The maximum atomic E-state index is 11.9. The van der Waals surface area contributed by atoms with Gasteiger partial charge >= 0.3 is 5.97 Å². The normalized spacial score (nSPS) is 27.3. The van der Waals surface area contributed by atoms with E-state index in [1.165, 1.54) is 11.4 Å². The minimum absolute atomic E-state index is 0.0148. The molecule has 2 unspecified atom stereocenters. The van der Waals surface area contributed by atoms with Gasteiger partial charge in [0, 0.05) is 13.1 Å². The van der Waals surface area contributed by atoms with Crippen LogP contribution in [-0.2, 0) is 19.6 Å². The van der Waals surface area contributed by atoms with Gasteiger partial charge in [0.05, 0.1) is 18.3 Å². The molecule has 1 aliphatic rings. The fourth-order valence-corrected chi connectivity index (χ4v) is 3.29. The highest BCUT2D eigenvalue weighted by Crippen LogP contribution is 2.27. The summed E-state index contributed by atoms with van der Waals surface area (Å²) in [7, 11) is -1.93. The van der Waals surface area contributed by atoms with E-state index >= 15 is 0 Å². The maximum absolute atomic E-state index is 11.9. The number of rotatable bonds is 3. The van der Waals surface area contributed by atoms with Crippen LogP contribution in [0.25, 0.3) is 0 Å². The molecule has 0 aromatic rings. The van der Waals surface area contributed by atoms with E-state index in [2.05, 4.69) is 4.74 Å². The van der Waals surface area contributed by atoms with Gasteiger partial charge in [0.15, 0.2) is 0 Å². The van der Waals surface area contributed by atoms with Crippen molar-refractivity contribution < 1.29 is 17.9 Å². The number of ether oxygens (including phenoxy) is 1. The smallest absolute Gasteiger partial charge is 0.310 e. The standard InChI is InChI=1S/C10H19NO4S/c1-7(2)16(13,14)11-5-8(3)9(6-11)10(12)15-4/h7-9H,5-6H2,1-4H3. The van der Waals surface area contributed by atoms with Gasteiger partial charge in [-0.2, -0.15) is 0 Å². The van der Waals surface area contributed by atoms with Crippen molar-refractivity contribution in [2.45, 2.75) is 26.0 Å². The van der Waals surface area contributed by atoms with Crippen LogP contribution in [0, 0.1) is 11.8 Å². The van der Waals surface area contributed by atoms with Gasteiger partial charge in [-0.1, -0.05) is 6.92 Å². The Morgan fingerprint density at radius 1 is 1.38 bits per heavy atom. The summed E-state index contributed by atoms with van der Waals surface area (Å²) < 4.78 is 29.9. The minimum Gasteiger partial charge on any atom is -0.469 e. The maximum Gasteiger partial charge on any atom is 0.310 e. The van der Waals surface area contributed by atoms with Gasteiger partial charge in [-0.25, -0.2) is 12.7 Å². The first-order chi connectivity index (χ1) is 7.30. The Morgan fingerprint density at radius 2 is 1.94 bits per heavy atom. The molecule has 1 fully saturated rings. The fraction of sp³-hybridized carbons (Fsp3) is 0.900. The molecule has 6 heteroatoms. The molecule has 1 aliphatic heterocycles. The molecule has 1 rings (SSSR count). The summed E-state index contributed by atoms with van der Waals surface area (Å²) >= 11 is 0. The topological polar surface area (TPSA) is 63.7 Å². The predicted octanol–water partition coefficient (Wildman–Crippen LogP) is 0.465. The van der Waals surface area contributed by atoms with Crippen molar-refractivity contribution in [1.82, 2.24) is 4.31 Å². The van der Waals surface area contributed by atoms with Crippen LogP contribution < -0.4 is 0 Å². The molecule has 0 N–H and O–H groups in total. The molecule has 0 aromatic heterocycles. The molecule has 0 spiro atoms. The Labute approximate surface area is 96.8 Å². The van der Waals surface area contributed by atoms with E-state index in [-0.39, 0.29) is 24.3 Å². The molecule has 1 heterocycles. The van der Waals surface area contributed by atoms with E-state index < -0.39 is 15.3 Å². The lowest BCUT2D eigenvalue weighted by atomic mass is 9.99. The van der Waals surface area contributed by atoms with Gasteiger partial charge in [-0.05, 0) is 19.8 Å². The molecule has 0 bridgehead atoms. The number of hydrogen-bond acceptors (Lipinski definition) is 4. The minimum atomic E-state index is -3.26. The van der Waals surface area contributed by atoms with Crippen LogP contribution in [0.5, 0.6) is 0 Å². The third-order valence-electron chi connectivity index (χ3n) is 3.04. The van der Waals surface area contributed by atoms with E-state index in [4.69, 9.17) is 0 Å². The molecule has 5 nitrogen and oxygen atoms in total. The van der Waals surface area contributed by atoms with Crippen LogP contribution in [0.1, 0.15) is 20.8 Å². The Morgan fingerprint density at radius 3 is 2.38 bits per heavy atom. The van der Waals surface area contributed by atoms with Gasteiger partial charge in [-0.3, -0.25) is 4.79 Å². The second-order valence-electron chi connectivity index (χ2n) is 4.52. The molecule has 0 aromatic carbocycles. The van der Waals surface area contributed by atoms with Crippen molar-refractivity contribution in [3.63, 3.8) is 0 Å². The number of carbonyl (C=O) groups excluding carboxylic acids is 1. The highest BCUT2D eigenvalue weighted by Gasteiger charge is 2.41. The van der Waals surface area contributed by atoms with E-state index in [9.17, 15) is 13.2 Å². The zero-order valence-corrected chi connectivity index (χ0v) is 11.0. The molecular formula is C10H19NO4S. The lowest BCUT2D eigenvalue weighted by Crippen LogP contribution is -2.35. The number of sulfonamides is 1. The highest BCUT2D eigenvalue weighted by atomic mass is 32.2. The predicted molar refractivity (Wildman–Crippen MR) is 60.3 cm³/mol. The zero-order chi connectivity index (χ0) is 12.5. The summed E-state index contributed by atoms with van der Waals surface area (Å²) in [5.41, 5.74) is 0. The number of methoxy groups -OCH3 is 1. The van der Waals surface area contributed by atoms with Gasteiger partial charge in [-0.15, -0.1) is 0 Å². The van der Waals surface area contributed by atoms with Crippen LogP contribution in [0.2, 0.25) is 0 Å². The Kier molecular flexibility index (Phi) is 3.96. The van der Waals surface area contributed by atoms with Crippen molar-refractivity contribution >= 4 is 16.0 Å². The average molecular weight is 249 g/mol. The van der Waals surface area contributed by atoms with Crippen molar-refractivity contribution in [3.05, 3.63) is 0 Å². The van der Waals surface area contributed by atoms with Crippen molar-refractivity contribution in [2.24, 2.45) is 11.8 Å². The molecule has 94 valence electrons. The van der Waals surface area contributed by atoms with E-state index in [1.807, 2.05) is 6.92 Å². The van der Waals surface area contributed by atoms with E-state index in [0.717, 1.165) is 0 Å². The number of esters is 1. The van der Waals surface area contributed by atoms with Gasteiger partial charge in [0.1, 0.15) is 0 Å². The lowest BCUT2D eigenvalue weighted by Gasteiger charge is -2.18. The summed E-state index contributed by atoms with van der Waals surface area (Å²) in [5, 5.41) is -0.448. The molecule has 0 aliphatic carbocycles. The summed E-state index contributed by atoms with van der Waals surface area (Å²) in [4.78, 5) is 11.4. The van der Waals surface area contributed by atoms with Crippen molar-refractivity contribution in [3.8, 4) is 0 Å². The fourth-order valence-electron chi connectivity index (χ4n) is 1.89. The number of carbonyl (C=O) groups is 1. The van der Waals surface area contributed by atoms with Gasteiger partial charge < -0.3 is 4.74 Å². The quantitative estimate of drug-likeness (QED) is 0.682. The second-order valence-corrected chi connectivity index (χ2v) is 7.01. The third-order valence-corrected chi connectivity index (χ3v) is 5.25. The molecule has 0 saturated carbocycles. The molecule has 1 saturated heterocycles. The summed E-state index contributed by atoms with van der Waals surface area (Å²) in [6.45, 7) is 5.81. The van der Waals surface area contributed by atoms with Crippen LogP contribution >= 0.6 is 0 Å². The van der Waals surface area contributed by atoms with Crippen LogP contribution in [0.4, 0.5) is 0 Å². The van der Waals surface area contributed by atoms with Crippen molar-refractivity contribution in [1.29, 1.82) is 0 Å². The van der Waals surface area contributed by atoms with Crippen LogP contribution in [0.3, 0.4) is 0 Å². The first-order valence-electron chi connectivity index (χ1n) is 5.37. The first kappa shape index (κ1) is 13.4. The average Bonchev–Trinajstić information content (AvgIpc) is 2.59. The zero-order valence-electron chi connectivity index (χ0n) is 10.1. The first-order valence-corrected chi connectivity index (χ1v) is 6.87. The number of hydrogen-bond donors (Lipinski definition) is 0. The Hall–Kier alpha value is -0.620. The summed E-state index contributed by atoms with van der Waals surface area (Å²) in [6.07, 6.45) is 0. The molecule has 2 atom stereocenters. The highest BCUT2D eigenvalue weighted by molar-refractivity contribution is 7.89. The van der Waals surface area contributed by atoms with Gasteiger partial charge in [0.25, 0.3) is 0 Å². The van der Waals surface area contributed by atoms with Gasteiger partial charge in [0.2, 0.25) is 10.0 Å². The third kappa shape index (κ3) is 2.38. The summed E-state index contributed by atoms with van der Waals surface area (Å²) in [5.74, 6) is -0.645. The Balaban J connectivity index is 2.82. The van der Waals surface area contributed by atoms with Crippen LogP contribution in [0.15, 0.2) is 0 Å². The monoisotopic (exact) mass is 249 g/mol. The summed E-state index contributed by atoms with van der Waals surface area (Å²) in [6, 6.07) is 0. The SMILES string of the molecule is COC(=O)C1CN(S(=O)(=O)C(C)C)CC1C. The molecule has 0 radical (unpaired) electrons. The lowest BCUT2D eigenvalue weighted by molar-refractivity contribution is -0.145. The van der Waals surface area contributed by atoms with E-state index in [0.29, 0.717) is 6.54 Å². The molecule has 0 amide bonds. The molecular weight excluding hydrogens is 230 g/mol. The number of nitrogens with zero attached hydrogens (tertiary/aromatic N) is 1. The molecule has 16 heavy (non-hydrogen) atoms.